The Hall–Kier alpha value is -1.87. The molecule has 0 radical (unpaired) electrons. The highest BCUT2D eigenvalue weighted by atomic mass is 35.5. The molecule has 84 valence electrons. The fourth-order valence-electron chi connectivity index (χ4n) is 1.85. The molecule has 0 fully saturated rings. The maximum Gasteiger partial charge on any atom is 0.155 e. The Balaban J connectivity index is 2.32. The molecular weight excluding hydrogens is 234 g/mol. The highest BCUT2D eigenvalue weighted by Gasteiger charge is 2.10. The summed E-state index contributed by atoms with van der Waals surface area (Å²) in [4.78, 5) is 8.49. The van der Waals surface area contributed by atoms with Crippen LogP contribution in [0.25, 0.3) is 16.9 Å². The van der Waals surface area contributed by atoms with Crippen LogP contribution >= 0.6 is 11.6 Å². The van der Waals surface area contributed by atoms with Gasteiger partial charge in [-0.25, -0.2) is 4.98 Å². The van der Waals surface area contributed by atoms with Crippen LogP contribution < -0.4 is 0 Å². The summed E-state index contributed by atoms with van der Waals surface area (Å²) in [5.74, 6) is 0.818. The number of aromatic nitrogens is 3. The Labute approximate surface area is 104 Å². The Morgan fingerprint density at radius 2 is 2.18 bits per heavy atom. The lowest BCUT2D eigenvalue weighted by Gasteiger charge is -2.01. The standard InChI is InChI=1S/C13H10ClN3/c1-9-4-6-17-11(7-9)12(14)16-13(17)10-3-2-5-15-8-10/h2-8H,1H3. The van der Waals surface area contributed by atoms with Gasteiger partial charge < -0.3 is 0 Å². The summed E-state index contributed by atoms with van der Waals surface area (Å²) < 4.78 is 1.98. The quantitative estimate of drug-likeness (QED) is 0.656. The summed E-state index contributed by atoms with van der Waals surface area (Å²) in [6.07, 6.45) is 5.50. The second-order valence-electron chi connectivity index (χ2n) is 3.93. The van der Waals surface area contributed by atoms with Crippen LogP contribution in [0.4, 0.5) is 0 Å². The van der Waals surface area contributed by atoms with Crippen LogP contribution in [0.15, 0.2) is 42.9 Å². The maximum atomic E-state index is 6.15. The molecule has 0 aromatic carbocycles. The zero-order chi connectivity index (χ0) is 11.8. The molecule has 3 aromatic rings. The molecule has 0 N–H and O–H groups in total. The molecule has 0 aliphatic rings. The van der Waals surface area contributed by atoms with Crippen molar-refractivity contribution in [2.45, 2.75) is 6.92 Å². The van der Waals surface area contributed by atoms with Crippen molar-refractivity contribution in [3.63, 3.8) is 0 Å². The Bertz CT molecular complexity index is 674. The van der Waals surface area contributed by atoms with Crippen LogP contribution in [0.2, 0.25) is 5.15 Å². The average Bonchev–Trinajstić information content (AvgIpc) is 2.68. The van der Waals surface area contributed by atoms with Gasteiger partial charge in [0.15, 0.2) is 5.15 Å². The van der Waals surface area contributed by atoms with Crippen molar-refractivity contribution in [2.24, 2.45) is 0 Å². The minimum Gasteiger partial charge on any atom is -0.298 e. The van der Waals surface area contributed by atoms with Crippen LogP contribution in [0.1, 0.15) is 5.56 Å². The van der Waals surface area contributed by atoms with E-state index in [0.717, 1.165) is 22.5 Å². The minimum absolute atomic E-state index is 0.521. The number of hydrogen-bond donors (Lipinski definition) is 0. The number of pyridine rings is 2. The third kappa shape index (κ3) is 1.68. The van der Waals surface area contributed by atoms with E-state index < -0.39 is 0 Å². The number of halogens is 1. The third-order valence-corrected chi connectivity index (χ3v) is 2.95. The van der Waals surface area contributed by atoms with Gasteiger partial charge in [-0.15, -0.1) is 0 Å². The smallest absolute Gasteiger partial charge is 0.155 e. The average molecular weight is 244 g/mol. The predicted octanol–water partition coefficient (Wildman–Crippen LogP) is 3.36. The summed E-state index contributed by atoms with van der Waals surface area (Å²) in [5.41, 5.74) is 3.04. The van der Waals surface area contributed by atoms with E-state index in [2.05, 4.69) is 9.97 Å². The summed E-state index contributed by atoms with van der Waals surface area (Å²) in [5, 5.41) is 0.521. The van der Waals surface area contributed by atoms with E-state index in [4.69, 9.17) is 11.6 Å². The fraction of sp³-hybridized carbons (Fsp3) is 0.0769. The van der Waals surface area contributed by atoms with Crippen molar-refractivity contribution in [2.75, 3.05) is 0 Å². The molecule has 3 aromatic heterocycles. The van der Waals surface area contributed by atoms with E-state index in [-0.39, 0.29) is 0 Å². The lowest BCUT2D eigenvalue weighted by Crippen LogP contribution is -1.89. The summed E-state index contributed by atoms with van der Waals surface area (Å²) >= 11 is 6.15. The van der Waals surface area contributed by atoms with Gasteiger partial charge in [-0.3, -0.25) is 9.38 Å². The van der Waals surface area contributed by atoms with Crippen LogP contribution in [0.5, 0.6) is 0 Å². The molecule has 0 saturated carbocycles. The van der Waals surface area contributed by atoms with Gasteiger partial charge >= 0.3 is 0 Å². The van der Waals surface area contributed by atoms with Gasteiger partial charge in [0, 0.05) is 24.2 Å². The van der Waals surface area contributed by atoms with E-state index in [1.807, 2.05) is 41.8 Å². The lowest BCUT2D eigenvalue weighted by molar-refractivity contribution is 1.14. The zero-order valence-electron chi connectivity index (χ0n) is 9.26. The maximum absolute atomic E-state index is 6.15. The second kappa shape index (κ2) is 3.86. The normalized spacial score (nSPS) is 10.9. The van der Waals surface area contributed by atoms with E-state index in [1.54, 1.807) is 12.4 Å². The molecule has 0 spiro atoms. The van der Waals surface area contributed by atoms with Crippen molar-refractivity contribution in [1.29, 1.82) is 0 Å². The zero-order valence-corrected chi connectivity index (χ0v) is 10.0. The molecule has 0 amide bonds. The van der Waals surface area contributed by atoms with Gasteiger partial charge in [0.2, 0.25) is 0 Å². The topological polar surface area (TPSA) is 30.2 Å². The van der Waals surface area contributed by atoms with Crippen molar-refractivity contribution in [3.8, 4) is 11.4 Å². The molecule has 3 nitrogen and oxygen atoms in total. The van der Waals surface area contributed by atoms with Gasteiger partial charge in [-0.1, -0.05) is 11.6 Å². The molecule has 0 bridgehead atoms. The summed E-state index contributed by atoms with van der Waals surface area (Å²) in [6.45, 7) is 2.03. The molecular formula is C13H10ClN3. The monoisotopic (exact) mass is 243 g/mol. The van der Waals surface area contributed by atoms with Crippen LogP contribution in [0.3, 0.4) is 0 Å². The molecule has 0 unspecified atom stereocenters. The predicted molar refractivity (Wildman–Crippen MR) is 68.2 cm³/mol. The van der Waals surface area contributed by atoms with E-state index >= 15 is 0 Å². The summed E-state index contributed by atoms with van der Waals surface area (Å²) in [6, 6.07) is 7.91. The van der Waals surface area contributed by atoms with Crippen LogP contribution in [-0.2, 0) is 0 Å². The van der Waals surface area contributed by atoms with E-state index in [1.165, 1.54) is 0 Å². The lowest BCUT2D eigenvalue weighted by atomic mass is 10.2. The van der Waals surface area contributed by atoms with Crippen molar-refractivity contribution in [1.82, 2.24) is 14.4 Å². The van der Waals surface area contributed by atoms with E-state index in [0.29, 0.717) is 5.15 Å². The van der Waals surface area contributed by atoms with Crippen LogP contribution in [-0.4, -0.2) is 14.4 Å². The number of nitrogens with zero attached hydrogens (tertiary/aromatic N) is 3. The first-order valence-electron chi connectivity index (χ1n) is 5.30. The Kier molecular flexibility index (Phi) is 2.34. The third-order valence-electron chi connectivity index (χ3n) is 2.67. The fourth-order valence-corrected chi connectivity index (χ4v) is 2.08. The Morgan fingerprint density at radius 3 is 2.94 bits per heavy atom. The highest BCUT2D eigenvalue weighted by molar-refractivity contribution is 6.32. The number of fused-ring (bicyclic) bond motifs is 1. The molecule has 3 heterocycles. The SMILES string of the molecule is Cc1ccn2c(-c3cccnc3)nc(Cl)c2c1. The molecule has 17 heavy (non-hydrogen) atoms. The number of aryl methyl sites for hydroxylation is 1. The number of hydrogen-bond acceptors (Lipinski definition) is 2. The van der Waals surface area contributed by atoms with Gasteiger partial charge in [-0.05, 0) is 36.8 Å². The van der Waals surface area contributed by atoms with E-state index in [9.17, 15) is 0 Å². The first kappa shape index (κ1) is 10.3. The van der Waals surface area contributed by atoms with Gasteiger partial charge in [0.25, 0.3) is 0 Å². The first-order chi connectivity index (χ1) is 8.25. The highest BCUT2D eigenvalue weighted by Crippen LogP contribution is 2.25. The van der Waals surface area contributed by atoms with Gasteiger partial charge in [0.05, 0.1) is 5.52 Å². The number of imidazole rings is 1. The first-order valence-corrected chi connectivity index (χ1v) is 5.68. The molecule has 4 heteroatoms. The van der Waals surface area contributed by atoms with Crippen molar-refractivity contribution in [3.05, 3.63) is 53.6 Å². The Morgan fingerprint density at radius 1 is 1.29 bits per heavy atom. The number of rotatable bonds is 1. The molecule has 3 rings (SSSR count). The van der Waals surface area contributed by atoms with Gasteiger partial charge in [0.1, 0.15) is 5.82 Å². The molecule has 0 atom stereocenters. The second-order valence-corrected chi connectivity index (χ2v) is 4.29. The van der Waals surface area contributed by atoms with Crippen molar-refractivity contribution < 1.29 is 0 Å². The largest absolute Gasteiger partial charge is 0.298 e. The molecule has 0 aliphatic heterocycles. The molecule has 0 aliphatic carbocycles. The summed E-state index contributed by atoms with van der Waals surface area (Å²) in [7, 11) is 0. The van der Waals surface area contributed by atoms with Crippen LogP contribution in [0, 0.1) is 6.92 Å². The van der Waals surface area contributed by atoms with Crippen molar-refractivity contribution >= 4 is 17.1 Å². The minimum atomic E-state index is 0.521. The molecule has 0 saturated heterocycles. The van der Waals surface area contributed by atoms with Gasteiger partial charge in [-0.2, -0.15) is 0 Å².